The van der Waals surface area contributed by atoms with Crippen LogP contribution in [0.4, 0.5) is 4.79 Å². The Labute approximate surface area is 203 Å². The molecule has 3 heterocycles. The number of amides is 3. The van der Waals surface area contributed by atoms with E-state index in [1.807, 2.05) is 31.2 Å². The molecule has 3 aromatic rings. The number of hydrogen-bond donors (Lipinski definition) is 3. The van der Waals surface area contributed by atoms with Crippen molar-refractivity contribution in [1.82, 2.24) is 20.1 Å². The van der Waals surface area contributed by atoms with Gasteiger partial charge >= 0.3 is 6.03 Å². The van der Waals surface area contributed by atoms with Gasteiger partial charge in [-0.3, -0.25) is 14.6 Å². The van der Waals surface area contributed by atoms with Gasteiger partial charge in [0.05, 0.1) is 7.11 Å². The van der Waals surface area contributed by atoms with E-state index in [2.05, 4.69) is 10.3 Å². The first-order valence-corrected chi connectivity index (χ1v) is 12.3. The lowest BCUT2D eigenvalue weighted by molar-refractivity contribution is -0.133. The van der Waals surface area contributed by atoms with Crippen molar-refractivity contribution in [2.75, 3.05) is 20.2 Å². The zero-order valence-electron chi connectivity index (χ0n) is 20.0. The van der Waals surface area contributed by atoms with Gasteiger partial charge in [0.2, 0.25) is 0 Å². The summed E-state index contributed by atoms with van der Waals surface area (Å²) in [7, 11) is 1.63. The number of ether oxygens (including phenoxy) is 1. The predicted octanol–water partition coefficient (Wildman–Crippen LogP) is 3.69. The molecule has 0 spiro atoms. The van der Waals surface area contributed by atoms with Gasteiger partial charge in [-0.1, -0.05) is 12.1 Å². The number of H-pyrrole nitrogens is 1. The van der Waals surface area contributed by atoms with E-state index in [9.17, 15) is 14.7 Å². The van der Waals surface area contributed by atoms with Gasteiger partial charge in [0, 0.05) is 35.6 Å². The third kappa shape index (κ3) is 3.46. The van der Waals surface area contributed by atoms with E-state index >= 15 is 0 Å². The van der Waals surface area contributed by atoms with Crippen LogP contribution in [0, 0.1) is 0 Å². The van der Waals surface area contributed by atoms with Gasteiger partial charge in [-0.25, -0.2) is 4.79 Å². The van der Waals surface area contributed by atoms with Crippen molar-refractivity contribution in [3.8, 4) is 11.5 Å². The predicted molar refractivity (Wildman–Crippen MR) is 131 cm³/mol. The van der Waals surface area contributed by atoms with Crippen molar-refractivity contribution in [3.05, 3.63) is 59.3 Å². The maximum atomic E-state index is 13.8. The van der Waals surface area contributed by atoms with E-state index in [1.165, 1.54) is 17.7 Å². The van der Waals surface area contributed by atoms with E-state index in [-0.39, 0.29) is 17.7 Å². The van der Waals surface area contributed by atoms with Gasteiger partial charge in [0.1, 0.15) is 23.1 Å². The summed E-state index contributed by atoms with van der Waals surface area (Å²) in [6.07, 6.45) is 3.54. The average molecular weight is 475 g/mol. The van der Waals surface area contributed by atoms with Gasteiger partial charge in [0.25, 0.3) is 5.91 Å². The smallest absolute Gasteiger partial charge is 0.328 e. The lowest BCUT2D eigenvalue weighted by atomic mass is 9.81. The highest BCUT2D eigenvalue weighted by Crippen LogP contribution is 2.49. The number of aromatic nitrogens is 1. The molecule has 3 amide bonds. The molecule has 1 aliphatic carbocycles. The molecular weight excluding hydrogens is 444 g/mol. The summed E-state index contributed by atoms with van der Waals surface area (Å²) in [6.45, 7) is 3.05. The Morgan fingerprint density at radius 3 is 2.77 bits per heavy atom. The van der Waals surface area contributed by atoms with Crippen molar-refractivity contribution in [2.24, 2.45) is 0 Å². The second-order valence-electron chi connectivity index (χ2n) is 10.1. The standard InChI is InChI=1S/C27H30N4O4/c1-27-15-21-20-14-19(35-2)9-10-22(20)29-23(21)24(16-5-3-6-18(32)13-16)31(27)26(34)30(25(27)33)12-4-11-28-17-7-8-17/h3,5-6,9-10,13-14,17,24,28-29,32H,4,7-8,11-12,15H2,1-2H3. The van der Waals surface area contributed by atoms with E-state index in [1.54, 1.807) is 30.2 Å². The Morgan fingerprint density at radius 2 is 2.03 bits per heavy atom. The molecule has 182 valence electrons. The Kier molecular flexibility index (Phi) is 5.03. The van der Waals surface area contributed by atoms with Crippen LogP contribution in [-0.2, 0) is 11.2 Å². The first-order chi connectivity index (χ1) is 16.9. The van der Waals surface area contributed by atoms with E-state index in [0.29, 0.717) is 19.0 Å². The zero-order chi connectivity index (χ0) is 24.3. The van der Waals surface area contributed by atoms with E-state index < -0.39 is 11.6 Å². The minimum Gasteiger partial charge on any atom is -0.508 e. The normalized spacial score (nSPS) is 23.7. The molecular formula is C27H30N4O4. The Hall–Kier alpha value is -3.52. The molecule has 2 aliphatic heterocycles. The lowest BCUT2D eigenvalue weighted by Crippen LogP contribution is -2.53. The van der Waals surface area contributed by atoms with Crippen LogP contribution in [-0.4, -0.2) is 63.6 Å². The third-order valence-electron chi connectivity index (χ3n) is 7.63. The summed E-state index contributed by atoms with van der Waals surface area (Å²) in [4.78, 5) is 34.3. The van der Waals surface area contributed by atoms with Crippen LogP contribution in [0.25, 0.3) is 10.9 Å². The number of fused-ring (bicyclic) bond motifs is 4. The van der Waals surface area contributed by atoms with Crippen molar-refractivity contribution < 1.29 is 19.4 Å². The van der Waals surface area contributed by atoms with E-state index in [0.717, 1.165) is 46.4 Å². The number of nitrogens with zero attached hydrogens (tertiary/aromatic N) is 2. The molecule has 8 nitrogen and oxygen atoms in total. The number of hydrogen-bond acceptors (Lipinski definition) is 5. The minimum absolute atomic E-state index is 0.120. The van der Waals surface area contributed by atoms with Crippen LogP contribution in [0.5, 0.6) is 11.5 Å². The molecule has 6 rings (SSSR count). The summed E-state index contributed by atoms with van der Waals surface area (Å²) in [5, 5.41) is 14.7. The SMILES string of the molecule is COc1ccc2[nH]c3c(c2c1)CC1(C)C(=O)N(CCCNC2CC2)C(=O)N1C3c1cccc(O)c1. The Bertz CT molecular complexity index is 1330. The summed E-state index contributed by atoms with van der Waals surface area (Å²) in [5.74, 6) is 0.691. The fraction of sp³-hybridized carbons (Fsp3) is 0.407. The highest BCUT2D eigenvalue weighted by Gasteiger charge is 2.60. The van der Waals surface area contributed by atoms with Crippen LogP contribution in [0.3, 0.4) is 0 Å². The highest BCUT2D eigenvalue weighted by molar-refractivity contribution is 6.08. The lowest BCUT2D eigenvalue weighted by Gasteiger charge is -2.42. The first kappa shape index (κ1) is 22.0. The van der Waals surface area contributed by atoms with Crippen LogP contribution in [0.15, 0.2) is 42.5 Å². The Morgan fingerprint density at radius 1 is 1.20 bits per heavy atom. The molecule has 0 radical (unpaired) electrons. The number of aromatic hydroxyl groups is 1. The molecule has 2 unspecified atom stereocenters. The first-order valence-electron chi connectivity index (χ1n) is 12.3. The van der Waals surface area contributed by atoms with E-state index in [4.69, 9.17) is 4.74 Å². The van der Waals surface area contributed by atoms with Crippen molar-refractivity contribution in [2.45, 2.75) is 50.2 Å². The molecule has 2 atom stereocenters. The van der Waals surface area contributed by atoms with Gasteiger partial charge in [0.15, 0.2) is 0 Å². The summed E-state index contributed by atoms with van der Waals surface area (Å²) in [5.41, 5.74) is 2.53. The molecule has 3 aliphatic rings. The molecule has 2 fully saturated rings. The number of rotatable bonds is 7. The quantitative estimate of drug-likeness (QED) is 0.358. The third-order valence-corrected chi connectivity index (χ3v) is 7.63. The number of carbonyl (C=O) groups is 2. The summed E-state index contributed by atoms with van der Waals surface area (Å²) < 4.78 is 5.46. The van der Waals surface area contributed by atoms with Crippen LogP contribution in [0.1, 0.15) is 49.0 Å². The topological polar surface area (TPSA) is 97.9 Å². The van der Waals surface area contributed by atoms with Crippen molar-refractivity contribution in [1.29, 1.82) is 0 Å². The molecule has 3 N–H and O–H groups in total. The summed E-state index contributed by atoms with van der Waals surface area (Å²) >= 11 is 0. The molecule has 1 saturated carbocycles. The number of aromatic amines is 1. The molecule has 1 saturated heterocycles. The molecule has 35 heavy (non-hydrogen) atoms. The highest BCUT2D eigenvalue weighted by atomic mass is 16.5. The van der Waals surface area contributed by atoms with Crippen LogP contribution < -0.4 is 10.1 Å². The number of carbonyl (C=O) groups excluding carboxylic acids is 2. The number of phenolic OH excluding ortho intramolecular Hbond substituents is 1. The van der Waals surface area contributed by atoms with Gasteiger partial charge < -0.3 is 20.1 Å². The number of imide groups is 1. The monoisotopic (exact) mass is 474 g/mol. The van der Waals surface area contributed by atoms with Crippen molar-refractivity contribution >= 4 is 22.8 Å². The number of benzene rings is 2. The second kappa shape index (κ2) is 8.02. The minimum atomic E-state index is -1.03. The second-order valence-corrected chi connectivity index (χ2v) is 10.1. The number of methoxy groups -OCH3 is 1. The largest absolute Gasteiger partial charge is 0.508 e. The molecule has 1 aromatic heterocycles. The van der Waals surface area contributed by atoms with Crippen molar-refractivity contribution in [3.63, 3.8) is 0 Å². The van der Waals surface area contributed by atoms with Gasteiger partial charge in [-0.2, -0.15) is 0 Å². The number of phenols is 1. The molecule has 2 aromatic carbocycles. The molecule has 0 bridgehead atoms. The summed E-state index contributed by atoms with van der Waals surface area (Å²) in [6, 6.07) is 12.6. The van der Waals surface area contributed by atoms with Crippen LogP contribution in [0.2, 0.25) is 0 Å². The van der Waals surface area contributed by atoms with Gasteiger partial charge in [-0.05, 0) is 74.2 Å². The average Bonchev–Trinajstić information content (AvgIpc) is 3.58. The number of urea groups is 1. The maximum absolute atomic E-state index is 13.8. The van der Waals surface area contributed by atoms with Gasteiger partial charge in [-0.15, -0.1) is 0 Å². The number of nitrogens with one attached hydrogen (secondary N) is 2. The van der Waals surface area contributed by atoms with Crippen LogP contribution >= 0.6 is 0 Å². The zero-order valence-corrected chi connectivity index (χ0v) is 20.0. The Balaban J connectivity index is 1.44. The fourth-order valence-corrected chi connectivity index (χ4v) is 5.69. The molecule has 8 heteroatoms. The maximum Gasteiger partial charge on any atom is 0.328 e. The fourth-order valence-electron chi connectivity index (χ4n) is 5.69.